The number of fused-ring (bicyclic) bond motifs is 1. The second-order valence-corrected chi connectivity index (χ2v) is 3.16. The highest BCUT2D eigenvalue weighted by molar-refractivity contribution is 5.85. The van der Waals surface area contributed by atoms with Gasteiger partial charge in [-0.15, -0.1) is 12.4 Å². The molecule has 0 heterocycles. The minimum absolute atomic E-state index is 0. The third-order valence-electron chi connectivity index (χ3n) is 2.28. The highest BCUT2D eigenvalue weighted by atomic mass is 35.5. The Hall–Kier alpha value is -0.640. The fourth-order valence-electron chi connectivity index (χ4n) is 1.64. The van der Waals surface area contributed by atoms with E-state index in [-0.39, 0.29) is 24.3 Å². The number of nitrogens with two attached hydrogens (primary N) is 1. The Morgan fingerprint density at radius 1 is 1.46 bits per heavy atom. The molecule has 0 aromatic heterocycles. The molecule has 1 aromatic carbocycles. The standard InChI is InChI=1S/C9H10FNO.ClH/c10-6-1-2-7-5(3-6)4-8(11)9(7)12;/h1-3,8-9,12H,4,11H2;1H. The maximum absolute atomic E-state index is 12.7. The average Bonchev–Trinajstić information content (AvgIpc) is 2.28. The molecule has 1 aliphatic carbocycles. The molecule has 2 nitrogen and oxygen atoms in total. The zero-order valence-electron chi connectivity index (χ0n) is 6.90. The first kappa shape index (κ1) is 10.4. The van der Waals surface area contributed by atoms with Crippen molar-refractivity contribution in [1.82, 2.24) is 0 Å². The van der Waals surface area contributed by atoms with Crippen molar-refractivity contribution in [2.75, 3.05) is 0 Å². The van der Waals surface area contributed by atoms with Crippen LogP contribution in [0.5, 0.6) is 0 Å². The van der Waals surface area contributed by atoms with E-state index in [1.54, 1.807) is 6.07 Å². The van der Waals surface area contributed by atoms with Gasteiger partial charge in [0.15, 0.2) is 0 Å². The largest absolute Gasteiger partial charge is 0.387 e. The van der Waals surface area contributed by atoms with Gasteiger partial charge in [0, 0.05) is 6.04 Å². The maximum atomic E-state index is 12.7. The summed E-state index contributed by atoms with van der Waals surface area (Å²) in [6.07, 6.45) is -0.0607. The molecule has 0 fully saturated rings. The van der Waals surface area contributed by atoms with Crippen molar-refractivity contribution in [3.8, 4) is 0 Å². The van der Waals surface area contributed by atoms with E-state index in [0.717, 1.165) is 11.1 Å². The Kier molecular flexibility index (Phi) is 2.91. The van der Waals surface area contributed by atoms with Crippen molar-refractivity contribution >= 4 is 12.4 Å². The highest BCUT2D eigenvalue weighted by Gasteiger charge is 2.27. The first-order chi connectivity index (χ1) is 5.68. The number of aliphatic hydroxyl groups excluding tert-OH is 1. The van der Waals surface area contributed by atoms with Crippen LogP contribution in [-0.4, -0.2) is 11.1 Å². The van der Waals surface area contributed by atoms with Crippen LogP contribution < -0.4 is 5.73 Å². The Balaban J connectivity index is 0.000000845. The summed E-state index contributed by atoms with van der Waals surface area (Å²) in [5.74, 6) is -0.268. The van der Waals surface area contributed by atoms with Gasteiger partial charge in [0.2, 0.25) is 0 Å². The Bertz CT molecular complexity index is 318. The normalized spacial score (nSPS) is 25.2. The lowest BCUT2D eigenvalue weighted by Gasteiger charge is -2.07. The minimum atomic E-state index is -0.624. The van der Waals surface area contributed by atoms with Gasteiger partial charge < -0.3 is 10.8 Å². The van der Waals surface area contributed by atoms with Gasteiger partial charge >= 0.3 is 0 Å². The van der Waals surface area contributed by atoms with Crippen molar-refractivity contribution < 1.29 is 9.50 Å². The lowest BCUT2D eigenvalue weighted by atomic mass is 10.1. The topological polar surface area (TPSA) is 46.2 Å². The first-order valence-electron chi connectivity index (χ1n) is 3.90. The summed E-state index contributed by atoms with van der Waals surface area (Å²) < 4.78 is 12.7. The highest BCUT2D eigenvalue weighted by Crippen LogP contribution is 2.30. The number of rotatable bonds is 0. The number of benzene rings is 1. The molecular formula is C9H11ClFNO. The number of aliphatic hydroxyl groups is 1. The Labute approximate surface area is 82.0 Å². The molecule has 2 rings (SSSR count). The number of halogens is 2. The Morgan fingerprint density at radius 3 is 2.85 bits per heavy atom. The zero-order valence-corrected chi connectivity index (χ0v) is 7.72. The van der Waals surface area contributed by atoms with Gasteiger partial charge in [-0.05, 0) is 29.7 Å². The third kappa shape index (κ3) is 1.68. The van der Waals surface area contributed by atoms with Gasteiger partial charge in [0.1, 0.15) is 5.82 Å². The molecular weight excluding hydrogens is 193 g/mol. The molecule has 0 aliphatic heterocycles. The van der Waals surface area contributed by atoms with Crippen molar-refractivity contribution in [1.29, 1.82) is 0 Å². The molecule has 0 spiro atoms. The van der Waals surface area contributed by atoms with Crippen LogP contribution in [0.25, 0.3) is 0 Å². The summed E-state index contributed by atoms with van der Waals surface area (Å²) in [4.78, 5) is 0. The van der Waals surface area contributed by atoms with E-state index in [0.29, 0.717) is 6.42 Å². The van der Waals surface area contributed by atoms with E-state index in [9.17, 15) is 9.50 Å². The SMILES string of the molecule is Cl.NC1Cc2cc(F)ccc2C1O. The average molecular weight is 204 g/mol. The van der Waals surface area contributed by atoms with Crippen LogP contribution in [0, 0.1) is 5.82 Å². The molecule has 0 saturated heterocycles. The first-order valence-corrected chi connectivity index (χ1v) is 3.90. The zero-order chi connectivity index (χ0) is 8.72. The summed E-state index contributed by atoms with van der Waals surface area (Å²) in [7, 11) is 0. The van der Waals surface area contributed by atoms with Crippen LogP contribution in [0.4, 0.5) is 4.39 Å². The van der Waals surface area contributed by atoms with Crippen LogP contribution in [-0.2, 0) is 6.42 Å². The molecule has 0 radical (unpaired) electrons. The molecule has 0 bridgehead atoms. The fourth-order valence-corrected chi connectivity index (χ4v) is 1.64. The maximum Gasteiger partial charge on any atom is 0.123 e. The van der Waals surface area contributed by atoms with Gasteiger partial charge in [-0.3, -0.25) is 0 Å². The van der Waals surface area contributed by atoms with E-state index in [2.05, 4.69) is 0 Å². The monoisotopic (exact) mass is 203 g/mol. The second kappa shape index (κ2) is 3.62. The fraction of sp³-hybridized carbons (Fsp3) is 0.333. The number of hydrogen-bond acceptors (Lipinski definition) is 2. The molecule has 0 amide bonds. The van der Waals surface area contributed by atoms with Crippen LogP contribution in [0.15, 0.2) is 18.2 Å². The quantitative estimate of drug-likeness (QED) is 0.665. The third-order valence-corrected chi connectivity index (χ3v) is 2.28. The summed E-state index contributed by atoms with van der Waals surface area (Å²) in [5, 5.41) is 9.49. The lowest BCUT2D eigenvalue weighted by molar-refractivity contribution is 0.159. The van der Waals surface area contributed by atoms with Gasteiger partial charge in [0.05, 0.1) is 6.10 Å². The molecule has 72 valence electrons. The van der Waals surface area contributed by atoms with E-state index in [1.807, 2.05) is 0 Å². The van der Waals surface area contributed by atoms with Crippen LogP contribution >= 0.6 is 12.4 Å². The lowest BCUT2D eigenvalue weighted by Crippen LogP contribution is -2.24. The van der Waals surface area contributed by atoms with Crippen LogP contribution in [0.3, 0.4) is 0 Å². The number of hydrogen-bond donors (Lipinski definition) is 2. The molecule has 4 heteroatoms. The smallest absolute Gasteiger partial charge is 0.123 e. The predicted molar refractivity (Wildman–Crippen MR) is 50.3 cm³/mol. The Morgan fingerprint density at radius 2 is 2.15 bits per heavy atom. The molecule has 1 aliphatic rings. The van der Waals surface area contributed by atoms with Crippen LogP contribution in [0.2, 0.25) is 0 Å². The molecule has 3 N–H and O–H groups in total. The van der Waals surface area contributed by atoms with Crippen molar-refractivity contribution in [2.24, 2.45) is 5.73 Å². The van der Waals surface area contributed by atoms with Crippen molar-refractivity contribution in [3.05, 3.63) is 35.1 Å². The van der Waals surface area contributed by atoms with E-state index in [4.69, 9.17) is 5.73 Å². The van der Waals surface area contributed by atoms with E-state index in [1.165, 1.54) is 12.1 Å². The summed E-state index contributed by atoms with van der Waals surface area (Å²) in [6, 6.07) is 4.11. The van der Waals surface area contributed by atoms with Gasteiger partial charge in [-0.25, -0.2) is 4.39 Å². The summed E-state index contributed by atoms with van der Waals surface area (Å²) in [6.45, 7) is 0. The van der Waals surface area contributed by atoms with Crippen LogP contribution in [0.1, 0.15) is 17.2 Å². The summed E-state index contributed by atoms with van der Waals surface area (Å²) >= 11 is 0. The predicted octanol–water partition coefficient (Wildman–Crippen LogP) is 1.16. The van der Waals surface area contributed by atoms with Crippen molar-refractivity contribution in [3.63, 3.8) is 0 Å². The van der Waals surface area contributed by atoms with Gasteiger partial charge in [0.25, 0.3) is 0 Å². The minimum Gasteiger partial charge on any atom is -0.387 e. The second-order valence-electron chi connectivity index (χ2n) is 3.16. The molecule has 2 atom stereocenters. The van der Waals surface area contributed by atoms with Gasteiger partial charge in [-0.2, -0.15) is 0 Å². The van der Waals surface area contributed by atoms with Crippen molar-refractivity contribution in [2.45, 2.75) is 18.6 Å². The molecule has 0 saturated carbocycles. The van der Waals surface area contributed by atoms with Gasteiger partial charge in [-0.1, -0.05) is 6.07 Å². The van der Waals surface area contributed by atoms with E-state index >= 15 is 0 Å². The molecule has 1 aromatic rings. The summed E-state index contributed by atoms with van der Waals surface area (Å²) in [5.41, 5.74) is 7.20. The molecule has 13 heavy (non-hydrogen) atoms. The van der Waals surface area contributed by atoms with E-state index < -0.39 is 6.10 Å². The molecule has 2 unspecified atom stereocenters.